The molecule has 1 aliphatic heterocycles. The summed E-state index contributed by atoms with van der Waals surface area (Å²) in [5, 5.41) is 10.3. The second-order valence-corrected chi connectivity index (χ2v) is 3.78. The Balaban J connectivity index is 0. The molecule has 1 aromatic carbocycles. The van der Waals surface area contributed by atoms with Gasteiger partial charge in [-0.05, 0) is 25.0 Å². The van der Waals surface area contributed by atoms with Crippen molar-refractivity contribution in [1.82, 2.24) is 4.90 Å². The number of carboxylic acid groups (broad SMARTS) is 1. The Kier molecular flexibility index (Phi) is 11.6. The second-order valence-electron chi connectivity index (χ2n) is 3.78. The fraction of sp³-hybridized carbons (Fsp3) is 0.267. The molecular weight excluding hydrogens is 297 g/mol. The molecule has 108 valence electrons. The molecule has 0 spiro atoms. The quantitative estimate of drug-likeness (QED) is 0.375. The van der Waals surface area contributed by atoms with Crippen molar-refractivity contribution in [2.45, 2.75) is 20.3 Å². The van der Waals surface area contributed by atoms with Crippen LogP contribution in [-0.2, 0) is 4.79 Å². The minimum Gasteiger partial charge on any atom is -0.550 e. The van der Waals surface area contributed by atoms with Crippen molar-refractivity contribution >= 4 is 17.8 Å². The van der Waals surface area contributed by atoms with Crippen LogP contribution in [0.5, 0.6) is 0 Å². The van der Waals surface area contributed by atoms with E-state index in [1.54, 1.807) is 24.3 Å². The molecule has 0 radical (unpaired) electrons. The van der Waals surface area contributed by atoms with E-state index in [4.69, 9.17) is 0 Å². The van der Waals surface area contributed by atoms with E-state index in [0.717, 1.165) is 4.90 Å². The number of carboxylic acids is 1. The Bertz CT molecular complexity index is 481. The predicted molar refractivity (Wildman–Crippen MR) is 74.0 cm³/mol. The van der Waals surface area contributed by atoms with Gasteiger partial charge in [-0.3, -0.25) is 14.5 Å². The molecule has 0 N–H and O–H groups in total. The van der Waals surface area contributed by atoms with Gasteiger partial charge in [0.1, 0.15) is 0 Å². The van der Waals surface area contributed by atoms with Gasteiger partial charge in [0.05, 0.1) is 11.1 Å². The summed E-state index contributed by atoms with van der Waals surface area (Å²) in [6, 6.07) is 6.56. The largest absolute Gasteiger partial charge is 1.00 e. The molecule has 0 fully saturated rings. The van der Waals surface area contributed by atoms with Crippen LogP contribution in [0.2, 0.25) is 0 Å². The number of rotatable bonds is 4. The summed E-state index contributed by atoms with van der Waals surface area (Å²) in [7, 11) is 0. The Hall–Kier alpha value is -0.794. The average molecular weight is 315 g/mol. The number of carbonyl (C=O) groups is 3. The van der Waals surface area contributed by atoms with Gasteiger partial charge in [-0.2, -0.15) is 0 Å². The van der Waals surface area contributed by atoms with Crippen LogP contribution in [0, 0.1) is 0 Å². The first-order chi connectivity index (χ1) is 9.11. The predicted octanol–water partition coefficient (Wildman–Crippen LogP) is -1.74. The molecule has 1 heterocycles. The summed E-state index contributed by atoms with van der Waals surface area (Å²) in [5.74, 6) is -1.89. The van der Waals surface area contributed by atoms with Gasteiger partial charge in [0.2, 0.25) is 0 Å². The van der Waals surface area contributed by atoms with E-state index < -0.39 is 5.97 Å². The molecule has 6 heteroatoms. The molecule has 1 aliphatic rings. The maximum atomic E-state index is 11.8. The van der Waals surface area contributed by atoms with Gasteiger partial charge in [0.15, 0.2) is 0 Å². The molecular formula is C15H18KNO4. The minimum atomic E-state index is -1.18. The maximum absolute atomic E-state index is 11.8. The Morgan fingerprint density at radius 3 is 1.90 bits per heavy atom. The Morgan fingerprint density at radius 1 is 1.10 bits per heavy atom. The monoisotopic (exact) mass is 315 g/mol. The summed E-state index contributed by atoms with van der Waals surface area (Å²) in [4.78, 5) is 35.0. The van der Waals surface area contributed by atoms with Crippen molar-refractivity contribution in [3.05, 3.63) is 48.6 Å². The number of hydrogen-bond acceptors (Lipinski definition) is 4. The van der Waals surface area contributed by atoms with E-state index in [0.29, 0.717) is 11.1 Å². The molecule has 0 unspecified atom stereocenters. The van der Waals surface area contributed by atoms with Crippen LogP contribution >= 0.6 is 0 Å². The zero-order valence-electron chi connectivity index (χ0n) is 11.4. The first-order valence-corrected chi connectivity index (χ1v) is 5.76. The number of amides is 2. The van der Waals surface area contributed by atoms with E-state index in [9.17, 15) is 19.5 Å². The zero-order chi connectivity index (χ0) is 14.4. The van der Waals surface area contributed by atoms with Gasteiger partial charge in [-0.25, -0.2) is 0 Å². The van der Waals surface area contributed by atoms with Crippen molar-refractivity contribution < 1.29 is 70.9 Å². The molecule has 2 rings (SSSR count). The van der Waals surface area contributed by atoms with Gasteiger partial charge in [-0.15, -0.1) is 13.2 Å². The Labute approximate surface area is 167 Å². The topological polar surface area (TPSA) is 77.5 Å². The third kappa shape index (κ3) is 5.48. The van der Waals surface area contributed by atoms with Crippen LogP contribution in [-0.4, -0.2) is 29.2 Å². The first-order valence-electron chi connectivity index (χ1n) is 5.76. The number of aliphatic carboxylic acids is 1. The van der Waals surface area contributed by atoms with Gasteiger partial charge in [0.25, 0.3) is 11.8 Å². The van der Waals surface area contributed by atoms with Crippen molar-refractivity contribution in [2.24, 2.45) is 0 Å². The van der Waals surface area contributed by atoms with E-state index in [2.05, 4.69) is 13.2 Å². The van der Waals surface area contributed by atoms with Gasteiger partial charge >= 0.3 is 51.4 Å². The average Bonchev–Trinajstić information content (AvgIpc) is 2.66. The zero-order valence-corrected chi connectivity index (χ0v) is 14.5. The van der Waals surface area contributed by atoms with Crippen LogP contribution in [0.25, 0.3) is 0 Å². The number of carbonyl (C=O) groups excluding carboxylic acids is 3. The molecule has 0 aromatic heterocycles. The van der Waals surface area contributed by atoms with Crippen LogP contribution < -0.4 is 56.5 Å². The van der Waals surface area contributed by atoms with E-state index in [1.165, 1.54) is 0 Å². The molecule has 0 saturated carbocycles. The molecule has 21 heavy (non-hydrogen) atoms. The van der Waals surface area contributed by atoms with Gasteiger partial charge < -0.3 is 9.90 Å². The van der Waals surface area contributed by atoms with Crippen LogP contribution in [0.15, 0.2) is 37.4 Å². The van der Waals surface area contributed by atoms with E-state index >= 15 is 0 Å². The smallest absolute Gasteiger partial charge is 0.550 e. The minimum absolute atomic E-state index is 0. The van der Waals surface area contributed by atoms with Crippen LogP contribution in [0.3, 0.4) is 0 Å². The summed E-state index contributed by atoms with van der Waals surface area (Å²) < 4.78 is 0. The first kappa shape index (κ1) is 22.5. The second kappa shape index (κ2) is 10.9. The normalized spacial score (nSPS) is 11.5. The van der Waals surface area contributed by atoms with Crippen molar-refractivity contribution in [1.29, 1.82) is 0 Å². The third-order valence-electron chi connectivity index (χ3n) is 2.64. The van der Waals surface area contributed by atoms with Crippen LogP contribution in [0.1, 0.15) is 41.0 Å². The summed E-state index contributed by atoms with van der Waals surface area (Å²) in [6.45, 7) is 6.11. The maximum Gasteiger partial charge on any atom is 1.00 e. The van der Waals surface area contributed by atoms with Gasteiger partial charge in [0, 0.05) is 12.5 Å². The fourth-order valence-electron chi connectivity index (χ4n) is 1.82. The number of fused-ring (bicyclic) bond motifs is 1. The van der Waals surface area contributed by atoms with Crippen molar-refractivity contribution in [3.63, 3.8) is 0 Å². The standard InChI is InChI=1S/C12H11NO4.C2H4.CH4.K/c14-10(15)6-3-7-13-11(16)8-4-1-2-5-9(8)12(13)17;1-2;;/h1-2,4-5H,3,6-7H2,(H,14,15);1-2H2;1H4;/q;;;+1/p-1. The molecule has 0 aliphatic carbocycles. The number of hydrogen-bond donors (Lipinski definition) is 0. The fourth-order valence-corrected chi connectivity index (χ4v) is 1.82. The Morgan fingerprint density at radius 2 is 1.52 bits per heavy atom. The van der Waals surface area contributed by atoms with Crippen LogP contribution in [0.4, 0.5) is 0 Å². The summed E-state index contributed by atoms with van der Waals surface area (Å²) in [6.07, 6.45) is 0.0568. The molecule has 1 aromatic rings. The molecule has 5 nitrogen and oxygen atoms in total. The SMILES string of the molecule is C.C=C.O=C([O-])CCCN1C(=O)c2ccccc2C1=O.[K+]. The number of benzene rings is 1. The van der Waals surface area contributed by atoms with E-state index in [-0.39, 0.29) is 90.0 Å². The number of imide groups is 1. The molecule has 2 amide bonds. The van der Waals surface area contributed by atoms with Crippen molar-refractivity contribution in [2.75, 3.05) is 6.54 Å². The summed E-state index contributed by atoms with van der Waals surface area (Å²) in [5.41, 5.74) is 0.761. The number of nitrogens with zero attached hydrogens (tertiary/aromatic N) is 1. The molecule has 0 atom stereocenters. The van der Waals surface area contributed by atoms with E-state index in [1.807, 2.05) is 0 Å². The molecule has 0 saturated heterocycles. The third-order valence-corrected chi connectivity index (χ3v) is 2.64. The van der Waals surface area contributed by atoms with Gasteiger partial charge in [-0.1, -0.05) is 19.6 Å². The molecule has 0 bridgehead atoms. The van der Waals surface area contributed by atoms with Crippen molar-refractivity contribution in [3.8, 4) is 0 Å². The summed E-state index contributed by atoms with van der Waals surface area (Å²) >= 11 is 0.